The van der Waals surface area contributed by atoms with Crippen molar-refractivity contribution in [1.82, 2.24) is 0 Å². The van der Waals surface area contributed by atoms with Crippen molar-refractivity contribution in [1.29, 1.82) is 0 Å². The van der Waals surface area contributed by atoms with Gasteiger partial charge in [-0.15, -0.1) is 0 Å². The second-order valence-electron chi connectivity index (χ2n) is 5.23. The van der Waals surface area contributed by atoms with Gasteiger partial charge in [0.05, 0.1) is 16.2 Å². The summed E-state index contributed by atoms with van der Waals surface area (Å²) in [6, 6.07) is 4.81. The highest BCUT2D eigenvalue weighted by molar-refractivity contribution is 9.10. The molecule has 0 radical (unpaired) electrons. The van der Waals surface area contributed by atoms with E-state index in [0.717, 1.165) is 36.1 Å². The van der Waals surface area contributed by atoms with E-state index in [1.54, 1.807) is 6.07 Å². The van der Waals surface area contributed by atoms with Gasteiger partial charge in [0.25, 0.3) is 5.69 Å². The number of aliphatic hydroxyl groups is 1. The maximum absolute atomic E-state index is 10.7. The topological polar surface area (TPSA) is 66.6 Å². The fraction of sp³-hybridized carbons (Fsp3) is 0.538. The van der Waals surface area contributed by atoms with E-state index < -0.39 is 10.5 Å². The van der Waals surface area contributed by atoms with Crippen LogP contribution in [-0.2, 0) is 0 Å². The van der Waals surface area contributed by atoms with Crippen LogP contribution in [0.15, 0.2) is 22.7 Å². The minimum Gasteiger partial charge on any atom is -0.390 e. The van der Waals surface area contributed by atoms with E-state index in [1.807, 2.05) is 6.92 Å². The van der Waals surface area contributed by atoms with Crippen LogP contribution in [-0.4, -0.2) is 28.7 Å². The molecule has 19 heavy (non-hydrogen) atoms. The molecule has 1 saturated heterocycles. The molecule has 1 unspecified atom stereocenters. The van der Waals surface area contributed by atoms with Gasteiger partial charge in [0.1, 0.15) is 0 Å². The molecule has 1 N–H and O–H groups in total. The Labute approximate surface area is 120 Å². The summed E-state index contributed by atoms with van der Waals surface area (Å²) >= 11 is 3.40. The number of hydrogen-bond acceptors (Lipinski definition) is 4. The van der Waals surface area contributed by atoms with Crippen LogP contribution in [0.2, 0.25) is 0 Å². The Hall–Kier alpha value is -1.14. The van der Waals surface area contributed by atoms with Crippen molar-refractivity contribution in [2.24, 2.45) is 0 Å². The summed E-state index contributed by atoms with van der Waals surface area (Å²) in [6.45, 7) is 3.47. The predicted octanol–water partition coefficient (Wildman–Crippen LogP) is 3.10. The molecule has 0 amide bonds. The van der Waals surface area contributed by atoms with E-state index in [1.165, 1.54) is 12.1 Å². The fourth-order valence-corrected chi connectivity index (χ4v) is 2.99. The number of anilines is 1. The van der Waals surface area contributed by atoms with Gasteiger partial charge in [-0.1, -0.05) is 0 Å². The second-order valence-corrected chi connectivity index (χ2v) is 6.08. The molecule has 0 spiro atoms. The van der Waals surface area contributed by atoms with E-state index in [4.69, 9.17) is 0 Å². The fourth-order valence-electron chi connectivity index (χ4n) is 2.37. The van der Waals surface area contributed by atoms with Gasteiger partial charge < -0.3 is 10.0 Å². The molecule has 1 aliphatic rings. The van der Waals surface area contributed by atoms with Crippen LogP contribution in [0.25, 0.3) is 0 Å². The van der Waals surface area contributed by atoms with E-state index >= 15 is 0 Å². The van der Waals surface area contributed by atoms with Crippen LogP contribution < -0.4 is 4.90 Å². The first-order chi connectivity index (χ1) is 8.89. The van der Waals surface area contributed by atoms with E-state index in [0.29, 0.717) is 6.42 Å². The van der Waals surface area contributed by atoms with Crippen LogP contribution >= 0.6 is 15.9 Å². The van der Waals surface area contributed by atoms with Crippen molar-refractivity contribution in [3.8, 4) is 0 Å². The summed E-state index contributed by atoms with van der Waals surface area (Å²) in [5.74, 6) is 0. The largest absolute Gasteiger partial charge is 0.390 e. The maximum atomic E-state index is 10.7. The zero-order chi connectivity index (χ0) is 14.0. The number of rotatable bonds is 2. The van der Waals surface area contributed by atoms with Crippen LogP contribution in [0.3, 0.4) is 0 Å². The number of nitro groups is 1. The Morgan fingerprint density at radius 3 is 2.79 bits per heavy atom. The average molecular weight is 329 g/mol. The molecule has 1 atom stereocenters. The van der Waals surface area contributed by atoms with Gasteiger partial charge in [-0.2, -0.15) is 0 Å². The van der Waals surface area contributed by atoms with Gasteiger partial charge >= 0.3 is 0 Å². The van der Waals surface area contributed by atoms with E-state index in [9.17, 15) is 15.2 Å². The normalized spacial score (nSPS) is 24.1. The van der Waals surface area contributed by atoms with Crippen LogP contribution in [0.1, 0.15) is 26.2 Å². The van der Waals surface area contributed by atoms with Crippen molar-refractivity contribution in [2.45, 2.75) is 31.8 Å². The molecule has 0 bridgehead atoms. The number of nitrogens with zero attached hydrogens (tertiary/aromatic N) is 2. The van der Waals surface area contributed by atoms with Crippen molar-refractivity contribution in [3.05, 3.63) is 32.8 Å². The molecule has 1 heterocycles. The van der Waals surface area contributed by atoms with Crippen molar-refractivity contribution >= 4 is 27.3 Å². The van der Waals surface area contributed by atoms with Crippen molar-refractivity contribution in [3.63, 3.8) is 0 Å². The van der Waals surface area contributed by atoms with Gasteiger partial charge in [0, 0.05) is 29.7 Å². The molecule has 1 aromatic carbocycles. The Morgan fingerprint density at radius 2 is 2.16 bits per heavy atom. The summed E-state index contributed by atoms with van der Waals surface area (Å²) in [5, 5.41) is 20.8. The summed E-state index contributed by atoms with van der Waals surface area (Å²) in [5.41, 5.74) is 0.419. The van der Waals surface area contributed by atoms with E-state index in [2.05, 4.69) is 20.8 Å². The lowest BCUT2D eigenvalue weighted by Gasteiger charge is -2.25. The highest BCUT2D eigenvalue weighted by Crippen LogP contribution is 2.32. The first-order valence-electron chi connectivity index (χ1n) is 6.30. The Morgan fingerprint density at radius 1 is 1.42 bits per heavy atom. The van der Waals surface area contributed by atoms with Crippen LogP contribution in [0.4, 0.5) is 11.4 Å². The van der Waals surface area contributed by atoms with Crippen LogP contribution in [0.5, 0.6) is 0 Å². The van der Waals surface area contributed by atoms with Crippen LogP contribution in [0, 0.1) is 10.1 Å². The Kier molecular flexibility index (Phi) is 4.10. The standard InChI is InChI=1S/C13H17BrN2O3/c1-13(17)5-2-7-15(8-6-13)12-4-3-10(16(18)19)9-11(12)14/h3-4,9,17H,2,5-8H2,1H3. The SMILES string of the molecule is CC1(O)CCCN(c2ccc([N+](=O)[O-])cc2Br)CC1. The monoisotopic (exact) mass is 328 g/mol. The minimum atomic E-state index is -0.609. The molecular weight excluding hydrogens is 312 g/mol. The third-order valence-corrected chi connectivity index (χ3v) is 4.18. The van der Waals surface area contributed by atoms with Gasteiger partial charge in [-0.25, -0.2) is 0 Å². The Bertz CT molecular complexity index is 491. The number of non-ortho nitro benzene ring substituents is 1. The average Bonchev–Trinajstić information content (AvgIpc) is 2.50. The number of nitro benzene ring substituents is 1. The first kappa shape index (κ1) is 14.3. The summed E-state index contributed by atoms with van der Waals surface area (Å²) in [7, 11) is 0. The van der Waals surface area contributed by atoms with Crippen molar-refractivity contribution < 1.29 is 10.0 Å². The van der Waals surface area contributed by atoms with Gasteiger partial charge in [0.15, 0.2) is 0 Å². The molecule has 0 aliphatic carbocycles. The lowest BCUT2D eigenvalue weighted by molar-refractivity contribution is -0.384. The third kappa shape index (κ3) is 3.45. The van der Waals surface area contributed by atoms with Gasteiger partial charge in [-0.05, 0) is 48.2 Å². The second kappa shape index (κ2) is 5.46. The number of benzene rings is 1. The molecule has 104 valence electrons. The zero-order valence-electron chi connectivity index (χ0n) is 10.8. The molecule has 5 nitrogen and oxygen atoms in total. The molecule has 0 saturated carbocycles. The smallest absolute Gasteiger partial charge is 0.270 e. The minimum absolute atomic E-state index is 0.0810. The molecule has 1 aromatic rings. The molecule has 6 heteroatoms. The Balaban J connectivity index is 2.20. The highest BCUT2D eigenvalue weighted by atomic mass is 79.9. The lowest BCUT2D eigenvalue weighted by Crippen LogP contribution is -2.28. The molecule has 2 rings (SSSR count). The predicted molar refractivity (Wildman–Crippen MR) is 77.5 cm³/mol. The first-order valence-corrected chi connectivity index (χ1v) is 7.10. The quantitative estimate of drug-likeness (QED) is 0.669. The third-order valence-electron chi connectivity index (χ3n) is 3.55. The molecule has 1 fully saturated rings. The highest BCUT2D eigenvalue weighted by Gasteiger charge is 2.26. The van der Waals surface area contributed by atoms with Crippen molar-refractivity contribution in [2.75, 3.05) is 18.0 Å². The maximum Gasteiger partial charge on any atom is 0.270 e. The molecule has 0 aromatic heterocycles. The summed E-state index contributed by atoms with van der Waals surface area (Å²) in [4.78, 5) is 12.5. The zero-order valence-corrected chi connectivity index (χ0v) is 12.4. The van der Waals surface area contributed by atoms with E-state index in [-0.39, 0.29) is 5.69 Å². The van der Waals surface area contributed by atoms with Gasteiger partial charge in [-0.3, -0.25) is 10.1 Å². The number of hydrogen-bond donors (Lipinski definition) is 1. The van der Waals surface area contributed by atoms with Gasteiger partial charge in [0.2, 0.25) is 0 Å². The molecule has 1 aliphatic heterocycles. The molecular formula is C13H17BrN2O3. The number of halogens is 1. The summed E-state index contributed by atoms with van der Waals surface area (Å²) < 4.78 is 0.725. The lowest BCUT2D eigenvalue weighted by atomic mass is 9.98. The summed E-state index contributed by atoms with van der Waals surface area (Å²) in [6.07, 6.45) is 2.40.